The molecule has 0 saturated heterocycles. The van der Waals surface area contributed by atoms with E-state index in [4.69, 9.17) is 0 Å². The highest BCUT2D eigenvalue weighted by Gasteiger charge is 2.47. The van der Waals surface area contributed by atoms with Crippen molar-refractivity contribution in [1.82, 2.24) is 0 Å². The molecule has 9 heteroatoms. The van der Waals surface area contributed by atoms with Gasteiger partial charge in [0.15, 0.2) is 0 Å². The molecule has 0 nitrogen and oxygen atoms in total. The van der Waals surface area contributed by atoms with E-state index in [0.717, 1.165) is 15.5 Å². The van der Waals surface area contributed by atoms with Gasteiger partial charge in [0.2, 0.25) is 6.04 Å². The molecule has 0 aliphatic carbocycles. The van der Waals surface area contributed by atoms with Gasteiger partial charge in [-0.15, -0.1) is 30.6 Å². The summed E-state index contributed by atoms with van der Waals surface area (Å²) in [5.41, 5.74) is 5.27. The van der Waals surface area contributed by atoms with Crippen molar-refractivity contribution in [2.75, 3.05) is 0 Å². The van der Waals surface area contributed by atoms with Crippen molar-refractivity contribution >= 4 is 90.3 Å². The molecule has 0 bridgehead atoms. The molecule has 0 spiro atoms. The molecule has 0 fully saturated rings. The maximum Gasteiger partial charge on any atom is 0.249 e. The standard InChI is InChI=1S/C27H59Br2Si7/c1-31(2,3)25(32(4,5)6)21-19-22(26(33(7,8)9)34(10,11)12)24(30(28)29)23(20-21)27(35(13,14)15)36(16,17)18/h19-20,25-27H,1-18H3. The Hall–Kier alpha value is 1.70. The van der Waals surface area contributed by atoms with Crippen LogP contribution in [0.3, 0.4) is 0 Å². The molecule has 0 amide bonds. The van der Waals surface area contributed by atoms with E-state index in [1.54, 1.807) is 21.9 Å². The predicted molar refractivity (Wildman–Crippen MR) is 198 cm³/mol. The molecule has 0 atom stereocenters. The maximum absolute atomic E-state index is 4.23. The van der Waals surface area contributed by atoms with Gasteiger partial charge in [0.25, 0.3) is 0 Å². The summed E-state index contributed by atoms with van der Waals surface area (Å²) in [5.74, 6) is 0. The molecule has 209 valence electrons. The van der Waals surface area contributed by atoms with Gasteiger partial charge in [-0.1, -0.05) is 130 Å². The predicted octanol–water partition coefficient (Wildman–Crippen LogP) is 10.7. The lowest BCUT2D eigenvalue weighted by Crippen LogP contribution is -2.53. The van der Waals surface area contributed by atoms with Gasteiger partial charge in [0.1, 0.15) is 0 Å². The van der Waals surface area contributed by atoms with Crippen LogP contribution in [0, 0.1) is 0 Å². The van der Waals surface area contributed by atoms with Gasteiger partial charge in [-0.2, -0.15) is 0 Å². The van der Waals surface area contributed by atoms with E-state index in [0.29, 0.717) is 0 Å². The van der Waals surface area contributed by atoms with Crippen LogP contribution in [0.15, 0.2) is 12.1 Å². The summed E-state index contributed by atoms with van der Waals surface area (Å²) in [6.07, 6.45) is 0. The van der Waals surface area contributed by atoms with Crippen LogP contribution in [0.25, 0.3) is 0 Å². The Balaban J connectivity index is 4.51. The normalized spacial score (nSPS) is 15.1. The Morgan fingerprint density at radius 1 is 0.444 bits per heavy atom. The molecule has 1 rings (SSSR count). The van der Waals surface area contributed by atoms with Crippen LogP contribution in [0.2, 0.25) is 118 Å². The van der Waals surface area contributed by atoms with Gasteiger partial charge in [-0.3, -0.25) is 0 Å². The molecular formula is C27H59Br2Si7. The van der Waals surface area contributed by atoms with Crippen molar-refractivity contribution in [3.05, 3.63) is 28.8 Å². The topological polar surface area (TPSA) is 0 Å². The highest BCUT2D eigenvalue weighted by molar-refractivity contribution is 9.49. The van der Waals surface area contributed by atoms with Crippen molar-refractivity contribution in [1.29, 1.82) is 0 Å². The van der Waals surface area contributed by atoms with E-state index >= 15 is 0 Å². The van der Waals surface area contributed by atoms with Gasteiger partial charge in [0.05, 0.1) is 0 Å². The lowest BCUT2D eigenvalue weighted by molar-refractivity contribution is 1.10. The molecule has 1 aromatic carbocycles. The minimum atomic E-state index is -1.46. The highest BCUT2D eigenvalue weighted by atomic mass is 79.9. The average molecular weight is 740 g/mol. The molecular weight excluding hydrogens is 681 g/mol. The number of hydrogen-bond acceptors (Lipinski definition) is 0. The first kappa shape index (κ1) is 35.7. The molecule has 0 heterocycles. The van der Waals surface area contributed by atoms with Gasteiger partial charge >= 0.3 is 0 Å². The first-order chi connectivity index (χ1) is 15.5. The summed E-state index contributed by atoms with van der Waals surface area (Å²) in [6, 6.07) is 4.64. The monoisotopic (exact) mass is 737 g/mol. The Labute approximate surface area is 250 Å². The van der Waals surface area contributed by atoms with Crippen LogP contribution < -0.4 is 5.19 Å². The summed E-state index contributed by atoms with van der Waals surface area (Å²) in [5, 5.41) is 4.03. The third-order valence-corrected chi connectivity index (χ3v) is 38.8. The van der Waals surface area contributed by atoms with Crippen LogP contribution in [0.5, 0.6) is 0 Å². The minimum absolute atomic E-state index is 0.765. The van der Waals surface area contributed by atoms with Gasteiger partial charge in [-0.05, 0) is 37.4 Å². The second-order valence-corrected chi connectivity index (χ2v) is 60.4. The zero-order valence-corrected chi connectivity index (χ0v) is 37.3. The van der Waals surface area contributed by atoms with Crippen LogP contribution in [0.4, 0.5) is 0 Å². The molecule has 0 unspecified atom stereocenters. The Kier molecular flexibility index (Phi) is 11.4. The first-order valence-corrected chi connectivity index (χ1v) is 41.4. The third kappa shape index (κ3) is 8.85. The Bertz CT molecular complexity index is 808. The largest absolute Gasteiger partial charge is 0.249 e. The maximum atomic E-state index is 4.23. The second kappa shape index (κ2) is 11.5. The van der Waals surface area contributed by atoms with Crippen molar-refractivity contribution in [3.8, 4) is 0 Å². The molecule has 0 aliphatic rings. The van der Waals surface area contributed by atoms with Crippen LogP contribution >= 0.6 is 30.6 Å². The van der Waals surface area contributed by atoms with E-state index in [-0.39, 0.29) is 0 Å². The third-order valence-electron chi connectivity index (χ3n) is 7.56. The minimum Gasteiger partial charge on any atom is -0.106 e. The van der Waals surface area contributed by atoms with Crippen molar-refractivity contribution in [3.63, 3.8) is 0 Å². The van der Waals surface area contributed by atoms with Gasteiger partial charge in [-0.25, -0.2) is 0 Å². The zero-order valence-electron chi connectivity index (χ0n) is 27.1. The van der Waals surface area contributed by atoms with E-state index in [2.05, 4.69) is 161 Å². The van der Waals surface area contributed by atoms with Crippen molar-refractivity contribution in [2.24, 2.45) is 0 Å². The average Bonchev–Trinajstić information content (AvgIpc) is 2.44. The van der Waals surface area contributed by atoms with Crippen LogP contribution in [-0.4, -0.2) is 54.5 Å². The molecule has 1 aromatic rings. The van der Waals surface area contributed by atoms with E-state index < -0.39 is 54.5 Å². The molecule has 36 heavy (non-hydrogen) atoms. The number of rotatable bonds is 10. The Morgan fingerprint density at radius 2 is 0.667 bits per heavy atom. The highest BCUT2D eigenvalue weighted by Crippen LogP contribution is 2.44. The zero-order chi connectivity index (χ0) is 29.0. The van der Waals surface area contributed by atoms with Crippen molar-refractivity contribution < 1.29 is 0 Å². The molecule has 0 saturated carbocycles. The van der Waals surface area contributed by atoms with Gasteiger partial charge < -0.3 is 0 Å². The SMILES string of the molecule is C[Si](C)(C)C(c1cc(C([Si](C)(C)C)[Si](C)(C)C)c([Si](Br)Br)c(C([Si](C)(C)C)[Si](C)(C)C)c1)[Si](C)(C)C. The van der Waals surface area contributed by atoms with Crippen LogP contribution in [0.1, 0.15) is 32.2 Å². The summed E-state index contributed by atoms with van der Waals surface area (Å²) in [4.78, 5) is 0. The first-order valence-electron chi connectivity index (χ1n) is 13.9. The van der Waals surface area contributed by atoms with E-state index in [1.165, 1.54) is 0 Å². The van der Waals surface area contributed by atoms with E-state index in [1.807, 2.05) is 0 Å². The fraction of sp³-hybridized carbons (Fsp3) is 0.778. The van der Waals surface area contributed by atoms with E-state index in [9.17, 15) is 0 Å². The lowest BCUT2D eigenvalue weighted by atomic mass is 10.1. The van der Waals surface area contributed by atoms with Crippen molar-refractivity contribution in [2.45, 2.75) is 133 Å². The molecule has 0 aliphatic heterocycles. The fourth-order valence-corrected chi connectivity index (χ4v) is 50.7. The Morgan fingerprint density at radius 3 is 0.833 bits per heavy atom. The van der Waals surface area contributed by atoms with Crippen LogP contribution in [-0.2, 0) is 0 Å². The molecule has 1 radical (unpaired) electrons. The lowest BCUT2D eigenvalue weighted by Gasteiger charge is -2.46. The second-order valence-electron chi connectivity index (χ2n) is 17.8. The smallest absolute Gasteiger partial charge is 0.106 e. The quantitative estimate of drug-likeness (QED) is 0.166. The number of benzene rings is 1. The van der Waals surface area contributed by atoms with Gasteiger partial charge in [0, 0.05) is 48.4 Å². The summed E-state index contributed by atoms with van der Waals surface area (Å²) >= 11 is 8.45. The summed E-state index contributed by atoms with van der Waals surface area (Å²) in [6.45, 7) is 47.5. The number of halogens is 2. The summed E-state index contributed by atoms with van der Waals surface area (Å²) < 4.78 is 0. The summed E-state index contributed by atoms with van der Waals surface area (Å²) in [7, 11) is -8.66. The fourth-order valence-electron chi connectivity index (χ4n) is 8.32. The number of hydrogen-bond donors (Lipinski definition) is 0. The molecule has 0 aromatic heterocycles. The molecule has 0 N–H and O–H groups in total.